The molecule has 1 atom stereocenters. The van der Waals surface area contributed by atoms with Crippen LogP contribution in [0.1, 0.15) is 33.6 Å². The zero-order valence-corrected chi connectivity index (χ0v) is 9.65. The number of carboxylic acid groups (broad SMARTS) is 1. The molecule has 0 aromatic rings. The maximum Gasteiger partial charge on any atom is 0.431 e. The molecule has 1 aliphatic rings. The molecule has 1 rings (SSSR count). The Balaban J connectivity index is 2.32. The van der Waals surface area contributed by atoms with Crippen LogP contribution in [0.2, 0.25) is 0 Å². The van der Waals surface area contributed by atoms with Crippen LogP contribution in [-0.4, -0.2) is 28.9 Å². The van der Waals surface area contributed by atoms with E-state index in [1.54, 1.807) is 20.8 Å². The van der Waals surface area contributed by atoms with Gasteiger partial charge in [-0.25, -0.2) is 9.59 Å². The molecule has 6 heteroatoms. The number of amides is 1. The van der Waals surface area contributed by atoms with Crippen molar-refractivity contribution in [2.45, 2.75) is 45.3 Å². The molecular weight excluding hydrogens is 214 g/mol. The average molecular weight is 231 g/mol. The van der Waals surface area contributed by atoms with Crippen molar-refractivity contribution in [3.8, 4) is 0 Å². The summed E-state index contributed by atoms with van der Waals surface area (Å²) < 4.78 is 4.90. The fourth-order valence-corrected chi connectivity index (χ4v) is 1.16. The highest BCUT2D eigenvalue weighted by Crippen LogP contribution is 2.34. The van der Waals surface area contributed by atoms with Gasteiger partial charge in [0.05, 0.1) is 0 Å². The Bertz CT molecular complexity index is 279. The number of carbonyl (C=O) groups is 2. The van der Waals surface area contributed by atoms with E-state index in [0.29, 0.717) is 0 Å². The second-order valence-corrected chi connectivity index (χ2v) is 4.82. The highest BCUT2D eigenvalue weighted by Gasteiger charge is 2.38. The third-order valence-corrected chi connectivity index (χ3v) is 1.96. The Morgan fingerprint density at radius 3 is 2.31 bits per heavy atom. The molecule has 0 heterocycles. The van der Waals surface area contributed by atoms with Gasteiger partial charge < -0.3 is 9.84 Å². The highest BCUT2D eigenvalue weighted by molar-refractivity contribution is 5.73. The highest BCUT2D eigenvalue weighted by atomic mass is 16.7. The lowest BCUT2D eigenvalue weighted by molar-refractivity contribution is -0.156. The van der Waals surface area contributed by atoms with Crippen molar-refractivity contribution >= 4 is 12.1 Å². The Morgan fingerprint density at radius 2 is 1.94 bits per heavy atom. The summed E-state index contributed by atoms with van der Waals surface area (Å²) in [4.78, 5) is 26.8. The maximum atomic E-state index is 11.2. The van der Waals surface area contributed by atoms with E-state index in [2.05, 4.69) is 0 Å². The van der Waals surface area contributed by atoms with Crippen LogP contribution in [0, 0.1) is 5.92 Å². The number of carbonyl (C=O) groups excluding carboxylic acids is 1. The first-order valence-corrected chi connectivity index (χ1v) is 5.17. The zero-order chi connectivity index (χ0) is 12.3. The summed E-state index contributed by atoms with van der Waals surface area (Å²) in [6, 6.07) is 0. The van der Waals surface area contributed by atoms with Crippen LogP contribution in [-0.2, 0) is 14.4 Å². The SMILES string of the molecule is CC(C)(C)OC(=O)NOC(C(=O)O)C1CC1. The number of hydrogen-bond acceptors (Lipinski definition) is 4. The van der Waals surface area contributed by atoms with Crippen LogP contribution in [0.5, 0.6) is 0 Å². The summed E-state index contributed by atoms with van der Waals surface area (Å²) >= 11 is 0. The van der Waals surface area contributed by atoms with Gasteiger partial charge in [-0.1, -0.05) is 0 Å². The summed E-state index contributed by atoms with van der Waals surface area (Å²) in [6.07, 6.45) is -0.133. The predicted molar refractivity (Wildman–Crippen MR) is 54.6 cm³/mol. The van der Waals surface area contributed by atoms with Gasteiger partial charge in [0.15, 0.2) is 6.10 Å². The number of rotatable bonds is 4. The number of ether oxygens (including phenoxy) is 1. The third kappa shape index (κ3) is 4.48. The van der Waals surface area contributed by atoms with Gasteiger partial charge in [-0.15, -0.1) is 0 Å². The molecule has 1 fully saturated rings. The molecule has 92 valence electrons. The van der Waals surface area contributed by atoms with Gasteiger partial charge in [-0.3, -0.25) is 4.84 Å². The molecule has 0 bridgehead atoms. The lowest BCUT2D eigenvalue weighted by Crippen LogP contribution is -2.38. The van der Waals surface area contributed by atoms with Gasteiger partial charge in [0, 0.05) is 0 Å². The number of nitrogens with one attached hydrogen (secondary N) is 1. The second kappa shape index (κ2) is 4.69. The van der Waals surface area contributed by atoms with Crippen LogP contribution in [0.4, 0.5) is 4.79 Å². The first-order chi connectivity index (χ1) is 7.29. The van der Waals surface area contributed by atoms with E-state index in [-0.39, 0.29) is 5.92 Å². The maximum absolute atomic E-state index is 11.2. The summed E-state index contributed by atoms with van der Waals surface area (Å²) in [5.41, 5.74) is 1.37. The quantitative estimate of drug-likeness (QED) is 0.712. The molecule has 16 heavy (non-hydrogen) atoms. The van der Waals surface area contributed by atoms with Gasteiger partial charge in [-0.2, -0.15) is 5.48 Å². The molecule has 0 aromatic carbocycles. The Hall–Kier alpha value is -1.30. The molecule has 1 saturated carbocycles. The minimum atomic E-state index is -1.07. The van der Waals surface area contributed by atoms with E-state index in [0.717, 1.165) is 12.8 Å². The number of carboxylic acids is 1. The van der Waals surface area contributed by atoms with Crippen molar-refractivity contribution in [2.24, 2.45) is 5.92 Å². The first-order valence-electron chi connectivity index (χ1n) is 5.17. The largest absolute Gasteiger partial charge is 0.479 e. The van der Waals surface area contributed by atoms with Crippen molar-refractivity contribution < 1.29 is 24.3 Å². The molecule has 0 spiro atoms. The molecule has 6 nitrogen and oxygen atoms in total. The minimum absolute atomic E-state index is 0.00700. The normalized spacial score (nSPS) is 17.7. The smallest absolute Gasteiger partial charge is 0.431 e. The lowest BCUT2D eigenvalue weighted by atomic mass is 10.2. The standard InChI is InChI=1S/C10H17NO5/c1-10(2,3)15-9(14)11-16-7(8(12)13)6-4-5-6/h6-7H,4-5H2,1-3H3,(H,11,14)(H,12,13). The third-order valence-electron chi connectivity index (χ3n) is 1.96. The summed E-state index contributed by atoms with van der Waals surface area (Å²) in [5.74, 6) is -1.08. The monoisotopic (exact) mass is 231 g/mol. The van der Waals surface area contributed by atoms with Crippen molar-refractivity contribution in [1.29, 1.82) is 0 Å². The summed E-state index contributed by atoms with van der Waals surface area (Å²) in [7, 11) is 0. The van der Waals surface area contributed by atoms with E-state index in [1.807, 2.05) is 5.48 Å². The minimum Gasteiger partial charge on any atom is -0.479 e. The van der Waals surface area contributed by atoms with Crippen molar-refractivity contribution in [1.82, 2.24) is 5.48 Å². The van der Waals surface area contributed by atoms with Gasteiger partial charge >= 0.3 is 12.1 Å². The van der Waals surface area contributed by atoms with Crippen molar-refractivity contribution in [3.05, 3.63) is 0 Å². The van der Waals surface area contributed by atoms with Crippen molar-refractivity contribution in [3.63, 3.8) is 0 Å². The van der Waals surface area contributed by atoms with Gasteiger partial charge in [-0.05, 0) is 39.5 Å². The molecule has 0 aromatic heterocycles. The molecule has 2 N–H and O–H groups in total. The molecule has 0 saturated heterocycles. The fourth-order valence-electron chi connectivity index (χ4n) is 1.16. The van der Waals surface area contributed by atoms with Crippen LogP contribution in [0.25, 0.3) is 0 Å². The van der Waals surface area contributed by atoms with E-state index in [1.165, 1.54) is 0 Å². The van der Waals surface area contributed by atoms with Crippen molar-refractivity contribution in [2.75, 3.05) is 0 Å². The first kappa shape index (κ1) is 12.8. The molecule has 1 unspecified atom stereocenters. The topological polar surface area (TPSA) is 84.9 Å². The van der Waals surface area contributed by atoms with Gasteiger partial charge in [0.25, 0.3) is 0 Å². The Kier molecular flexibility index (Phi) is 3.74. The van der Waals surface area contributed by atoms with E-state index in [4.69, 9.17) is 14.7 Å². The number of hydrogen-bond donors (Lipinski definition) is 2. The average Bonchev–Trinajstić information content (AvgIpc) is 2.83. The lowest BCUT2D eigenvalue weighted by Gasteiger charge is -2.20. The predicted octanol–water partition coefficient (Wildman–Crippen LogP) is 1.31. The van der Waals surface area contributed by atoms with Gasteiger partial charge in [0.1, 0.15) is 5.60 Å². The van der Waals surface area contributed by atoms with E-state index < -0.39 is 23.8 Å². The molecule has 0 radical (unpaired) electrons. The number of hydroxylamine groups is 1. The van der Waals surface area contributed by atoms with Crippen LogP contribution < -0.4 is 5.48 Å². The Labute approximate surface area is 93.9 Å². The molecule has 0 aliphatic heterocycles. The zero-order valence-electron chi connectivity index (χ0n) is 9.65. The molecular formula is C10H17NO5. The van der Waals surface area contributed by atoms with Crippen LogP contribution >= 0.6 is 0 Å². The van der Waals surface area contributed by atoms with E-state index in [9.17, 15) is 9.59 Å². The van der Waals surface area contributed by atoms with Crippen LogP contribution in [0.15, 0.2) is 0 Å². The van der Waals surface area contributed by atoms with Gasteiger partial charge in [0.2, 0.25) is 0 Å². The Morgan fingerprint density at radius 1 is 1.38 bits per heavy atom. The fraction of sp³-hybridized carbons (Fsp3) is 0.800. The second-order valence-electron chi connectivity index (χ2n) is 4.82. The molecule has 1 amide bonds. The summed E-state index contributed by atoms with van der Waals surface area (Å²) in [5, 5.41) is 8.81. The van der Waals surface area contributed by atoms with E-state index >= 15 is 0 Å². The molecule has 1 aliphatic carbocycles. The summed E-state index contributed by atoms with van der Waals surface area (Å²) in [6.45, 7) is 5.13. The number of aliphatic carboxylic acids is 1. The van der Waals surface area contributed by atoms with Crippen LogP contribution in [0.3, 0.4) is 0 Å².